The van der Waals surface area contributed by atoms with E-state index < -0.39 is 5.60 Å². The van der Waals surface area contributed by atoms with E-state index in [4.69, 9.17) is 11.2 Å². The first kappa shape index (κ1) is 10.9. The fourth-order valence-electron chi connectivity index (χ4n) is 1.15. The molecule has 14 heavy (non-hydrogen) atoms. The molecule has 3 nitrogen and oxygen atoms in total. The Labute approximate surface area is 85.4 Å². The summed E-state index contributed by atoms with van der Waals surface area (Å²) in [5, 5.41) is 0. The molecule has 0 bridgehead atoms. The lowest BCUT2D eigenvalue weighted by atomic mass is 10.2. The van der Waals surface area contributed by atoms with E-state index >= 15 is 0 Å². The monoisotopic (exact) mass is 195 g/mol. The second-order valence-electron chi connectivity index (χ2n) is 4.54. The molecule has 1 fully saturated rings. The van der Waals surface area contributed by atoms with Gasteiger partial charge in [0.25, 0.3) is 0 Å². The Bertz CT molecular complexity index is 255. The molecule has 0 unspecified atom stereocenters. The van der Waals surface area contributed by atoms with Crippen LogP contribution in [0.3, 0.4) is 0 Å². The standard InChI is InChI=1S/C11H17NO2/c1-5-8-12(9-6-7-9)10(13)14-11(2,3)4/h1,9H,6-8H2,2-4H3. The Morgan fingerprint density at radius 1 is 1.57 bits per heavy atom. The molecule has 0 atom stereocenters. The SMILES string of the molecule is C#CCN(C(=O)OC(C)(C)C)C1CC1. The molecule has 0 aromatic heterocycles. The van der Waals surface area contributed by atoms with Crippen LogP contribution >= 0.6 is 0 Å². The van der Waals surface area contributed by atoms with Gasteiger partial charge in [-0.05, 0) is 33.6 Å². The van der Waals surface area contributed by atoms with Gasteiger partial charge in [0, 0.05) is 6.04 Å². The predicted molar refractivity (Wildman–Crippen MR) is 54.8 cm³/mol. The Balaban J connectivity index is 2.51. The van der Waals surface area contributed by atoms with Gasteiger partial charge in [-0.25, -0.2) is 4.79 Å². The van der Waals surface area contributed by atoms with Crippen molar-refractivity contribution in [1.82, 2.24) is 4.90 Å². The third-order valence-electron chi connectivity index (χ3n) is 1.88. The van der Waals surface area contributed by atoms with Gasteiger partial charge in [0.2, 0.25) is 0 Å². The minimum Gasteiger partial charge on any atom is -0.444 e. The normalized spacial score (nSPS) is 15.9. The number of amides is 1. The number of rotatable bonds is 2. The molecule has 0 N–H and O–H groups in total. The summed E-state index contributed by atoms with van der Waals surface area (Å²) < 4.78 is 5.25. The summed E-state index contributed by atoms with van der Waals surface area (Å²) in [5.74, 6) is 2.48. The van der Waals surface area contributed by atoms with Crippen molar-refractivity contribution in [2.75, 3.05) is 6.54 Å². The van der Waals surface area contributed by atoms with E-state index in [0.717, 1.165) is 12.8 Å². The molecule has 1 saturated carbocycles. The van der Waals surface area contributed by atoms with Crippen molar-refractivity contribution in [1.29, 1.82) is 0 Å². The maximum absolute atomic E-state index is 11.6. The maximum atomic E-state index is 11.6. The van der Waals surface area contributed by atoms with Crippen molar-refractivity contribution in [3.05, 3.63) is 0 Å². The molecular formula is C11H17NO2. The lowest BCUT2D eigenvalue weighted by molar-refractivity contribution is 0.0261. The molecule has 0 saturated heterocycles. The Kier molecular flexibility index (Phi) is 3.05. The van der Waals surface area contributed by atoms with Crippen molar-refractivity contribution in [3.63, 3.8) is 0 Å². The Hall–Kier alpha value is -1.17. The molecule has 0 aromatic carbocycles. The van der Waals surface area contributed by atoms with Crippen LogP contribution in [-0.4, -0.2) is 29.2 Å². The fourth-order valence-corrected chi connectivity index (χ4v) is 1.15. The van der Waals surface area contributed by atoms with Gasteiger partial charge >= 0.3 is 6.09 Å². The highest BCUT2D eigenvalue weighted by atomic mass is 16.6. The lowest BCUT2D eigenvalue weighted by Gasteiger charge is -2.25. The van der Waals surface area contributed by atoms with Crippen LogP contribution in [0, 0.1) is 12.3 Å². The van der Waals surface area contributed by atoms with Gasteiger partial charge in [-0.3, -0.25) is 4.90 Å². The lowest BCUT2D eigenvalue weighted by Crippen LogP contribution is -2.38. The number of ether oxygens (including phenoxy) is 1. The van der Waals surface area contributed by atoms with Crippen LogP contribution in [0.15, 0.2) is 0 Å². The summed E-state index contributed by atoms with van der Waals surface area (Å²) in [5.41, 5.74) is -0.446. The summed E-state index contributed by atoms with van der Waals surface area (Å²) in [6.07, 6.45) is 6.99. The van der Waals surface area contributed by atoms with Crippen LogP contribution < -0.4 is 0 Å². The Morgan fingerprint density at radius 3 is 2.50 bits per heavy atom. The first-order chi connectivity index (χ1) is 6.44. The molecule has 0 aliphatic heterocycles. The molecule has 0 aromatic rings. The van der Waals surface area contributed by atoms with E-state index in [1.165, 1.54) is 0 Å². The van der Waals surface area contributed by atoms with Crippen molar-refractivity contribution in [2.24, 2.45) is 0 Å². The van der Waals surface area contributed by atoms with Crippen LogP contribution in [0.2, 0.25) is 0 Å². The highest BCUT2D eigenvalue weighted by Gasteiger charge is 2.34. The second kappa shape index (κ2) is 3.91. The molecule has 1 aliphatic carbocycles. The van der Waals surface area contributed by atoms with Crippen molar-refractivity contribution in [2.45, 2.75) is 45.3 Å². The second-order valence-corrected chi connectivity index (χ2v) is 4.54. The smallest absolute Gasteiger partial charge is 0.411 e. The third-order valence-corrected chi connectivity index (χ3v) is 1.88. The number of nitrogens with zero attached hydrogens (tertiary/aromatic N) is 1. The minimum absolute atomic E-state index is 0.294. The van der Waals surface area contributed by atoms with Gasteiger partial charge in [0.05, 0.1) is 6.54 Å². The van der Waals surface area contributed by atoms with Crippen LogP contribution in [0.4, 0.5) is 4.79 Å². The first-order valence-electron chi connectivity index (χ1n) is 4.87. The Morgan fingerprint density at radius 2 is 2.14 bits per heavy atom. The summed E-state index contributed by atoms with van der Waals surface area (Å²) in [6.45, 7) is 5.91. The number of terminal acetylenes is 1. The molecule has 0 heterocycles. The molecule has 78 valence electrons. The molecule has 0 spiro atoms. The van der Waals surface area contributed by atoms with Gasteiger partial charge in [-0.15, -0.1) is 6.42 Å². The quantitative estimate of drug-likeness (QED) is 0.631. The molecule has 1 rings (SSSR count). The summed E-state index contributed by atoms with van der Waals surface area (Å²) in [4.78, 5) is 13.3. The minimum atomic E-state index is -0.446. The molecule has 3 heteroatoms. The van der Waals surface area contributed by atoms with Gasteiger partial charge in [0.15, 0.2) is 0 Å². The third kappa shape index (κ3) is 3.29. The first-order valence-corrected chi connectivity index (χ1v) is 4.87. The van der Waals surface area contributed by atoms with Crippen molar-refractivity contribution >= 4 is 6.09 Å². The molecule has 0 radical (unpaired) electrons. The van der Waals surface area contributed by atoms with E-state index in [-0.39, 0.29) is 6.09 Å². The fraction of sp³-hybridized carbons (Fsp3) is 0.727. The number of carbonyl (C=O) groups is 1. The highest BCUT2D eigenvalue weighted by molar-refractivity contribution is 5.69. The zero-order valence-corrected chi connectivity index (χ0v) is 9.04. The van der Waals surface area contributed by atoms with Gasteiger partial charge in [-0.2, -0.15) is 0 Å². The predicted octanol–water partition coefficient (Wildman–Crippen LogP) is 2.02. The van der Waals surface area contributed by atoms with E-state index in [0.29, 0.717) is 12.6 Å². The molecule has 1 aliphatic rings. The van der Waals surface area contributed by atoms with Gasteiger partial charge < -0.3 is 4.74 Å². The maximum Gasteiger partial charge on any atom is 0.411 e. The van der Waals surface area contributed by atoms with Crippen molar-refractivity contribution in [3.8, 4) is 12.3 Å². The van der Waals surface area contributed by atoms with Crippen LogP contribution in [0.5, 0.6) is 0 Å². The van der Waals surface area contributed by atoms with E-state index in [1.807, 2.05) is 20.8 Å². The van der Waals surface area contributed by atoms with E-state index in [2.05, 4.69) is 5.92 Å². The van der Waals surface area contributed by atoms with Gasteiger partial charge in [0.1, 0.15) is 5.60 Å². The zero-order chi connectivity index (χ0) is 10.8. The summed E-state index contributed by atoms with van der Waals surface area (Å²) in [7, 11) is 0. The topological polar surface area (TPSA) is 29.5 Å². The number of hydrogen-bond donors (Lipinski definition) is 0. The largest absolute Gasteiger partial charge is 0.444 e. The van der Waals surface area contributed by atoms with Gasteiger partial charge in [-0.1, -0.05) is 5.92 Å². The zero-order valence-electron chi connectivity index (χ0n) is 9.04. The van der Waals surface area contributed by atoms with E-state index in [9.17, 15) is 4.79 Å². The average Bonchev–Trinajstić information content (AvgIpc) is 2.78. The molecule has 1 amide bonds. The highest BCUT2D eigenvalue weighted by Crippen LogP contribution is 2.27. The number of hydrogen-bond acceptors (Lipinski definition) is 2. The molecular weight excluding hydrogens is 178 g/mol. The van der Waals surface area contributed by atoms with Crippen LogP contribution in [-0.2, 0) is 4.74 Å². The van der Waals surface area contributed by atoms with E-state index in [1.54, 1.807) is 4.90 Å². The van der Waals surface area contributed by atoms with Crippen LogP contribution in [0.25, 0.3) is 0 Å². The number of carbonyl (C=O) groups excluding carboxylic acids is 1. The summed E-state index contributed by atoms with van der Waals surface area (Å²) in [6, 6.07) is 0.306. The summed E-state index contributed by atoms with van der Waals surface area (Å²) >= 11 is 0. The van der Waals surface area contributed by atoms with Crippen LogP contribution in [0.1, 0.15) is 33.6 Å². The van der Waals surface area contributed by atoms with Crippen molar-refractivity contribution < 1.29 is 9.53 Å². The average molecular weight is 195 g/mol.